The maximum Gasteiger partial charge on any atom is 0.335 e. The highest BCUT2D eigenvalue weighted by Gasteiger charge is 2.71. The van der Waals surface area contributed by atoms with E-state index >= 15 is 0 Å². The van der Waals surface area contributed by atoms with E-state index in [0.29, 0.717) is 5.57 Å². The lowest BCUT2D eigenvalue weighted by molar-refractivity contribution is -0.331. The molecule has 0 aromatic heterocycles. The van der Waals surface area contributed by atoms with Crippen LogP contribution in [-0.2, 0) is 19.1 Å². The highest BCUT2D eigenvalue weighted by Crippen LogP contribution is 2.60. The van der Waals surface area contributed by atoms with E-state index in [1.807, 2.05) is 0 Å². The number of esters is 1. The molecular weight excluding hydrogens is 432 g/mol. The SMILES string of the molecule is CC1=C2C[C@@](O)(C[C@@H]1OC(=O)[C@H](O)C(C)C)[C@@H](C)[C@@H]1[C@]3(O)CO[C@@H]3C[C@H](O)[C@@]1(C)C(=O)[C@@H]2O. The molecule has 3 fully saturated rings. The van der Waals surface area contributed by atoms with E-state index in [2.05, 4.69) is 0 Å². The lowest BCUT2D eigenvalue weighted by atomic mass is 9.46. The number of hydrogen-bond donors (Lipinski definition) is 5. The average Bonchev–Trinajstić information content (AvgIpc) is 2.75. The number of aliphatic hydroxyl groups excluding tert-OH is 3. The molecule has 0 unspecified atom stereocenters. The van der Waals surface area contributed by atoms with Crippen molar-refractivity contribution in [3.8, 4) is 0 Å². The van der Waals surface area contributed by atoms with E-state index in [1.165, 1.54) is 0 Å². The molecule has 9 heteroatoms. The number of Topliss-reactive ketones (excluding diaryl/α,β-unsaturated/α-hetero) is 1. The summed E-state index contributed by atoms with van der Waals surface area (Å²) in [6.45, 7) is 8.22. The van der Waals surface area contributed by atoms with Crippen LogP contribution in [-0.4, -0.2) is 85.6 Å². The minimum Gasteiger partial charge on any atom is -0.456 e. The minimum atomic E-state index is -1.64. The normalized spacial score (nSPS) is 48.3. The fourth-order valence-electron chi connectivity index (χ4n) is 6.63. The summed E-state index contributed by atoms with van der Waals surface area (Å²) in [5, 5.41) is 55.6. The molecule has 1 saturated heterocycles. The second-order valence-electron chi connectivity index (χ2n) is 11.2. The van der Waals surface area contributed by atoms with Crippen LogP contribution in [0, 0.1) is 23.2 Å². The van der Waals surface area contributed by atoms with Crippen LogP contribution < -0.4 is 0 Å². The molecular formula is C24H36O9. The first kappa shape index (κ1) is 24.8. The molecule has 0 spiro atoms. The summed E-state index contributed by atoms with van der Waals surface area (Å²) in [5.74, 6) is -3.44. The van der Waals surface area contributed by atoms with Gasteiger partial charge in [0.2, 0.25) is 0 Å². The number of ketones is 1. The van der Waals surface area contributed by atoms with Crippen molar-refractivity contribution in [3.05, 3.63) is 11.1 Å². The largest absolute Gasteiger partial charge is 0.456 e. The van der Waals surface area contributed by atoms with Crippen molar-refractivity contribution in [1.29, 1.82) is 0 Å². The molecule has 0 aromatic carbocycles. The highest BCUT2D eigenvalue weighted by atomic mass is 16.6. The maximum absolute atomic E-state index is 13.7. The van der Waals surface area contributed by atoms with E-state index in [1.54, 1.807) is 34.6 Å². The number of ether oxygens (including phenoxy) is 2. The van der Waals surface area contributed by atoms with Crippen molar-refractivity contribution in [1.82, 2.24) is 0 Å². The zero-order chi connectivity index (χ0) is 24.7. The summed E-state index contributed by atoms with van der Waals surface area (Å²) in [5.41, 5.74) is -3.78. The summed E-state index contributed by atoms with van der Waals surface area (Å²) in [6, 6.07) is 0. The Balaban J connectivity index is 1.80. The third-order valence-corrected chi connectivity index (χ3v) is 9.00. The Kier molecular flexibility index (Phi) is 5.87. The maximum atomic E-state index is 13.7. The van der Waals surface area contributed by atoms with Crippen LogP contribution in [0.4, 0.5) is 0 Å². The zero-order valence-corrected chi connectivity index (χ0v) is 19.8. The Bertz CT molecular complexity index is 883. The third-order valence-electron chi connectivity index (χ3n) is 9.00. The molecule has 2 saturated carbocycles. The predicted molar refractivity (Wildman–Crippen MR) is 115 cm³/mol. The summed E-state index contributed by atoms with van der Waals surface area (Å²) in [4.78, 5) is 26.2. The Morgan fingerprint density at radius 2 is 1.88 bits per heavy atom. The molecule has 1 aliphatic heterocycles. The Morgan fingerprint density at radius 1 is 1.24 bits per heavy atom. The molecule has 2 bridgehead atoms. The summed E-state index contributed by atoms with van der Waals surface area (Å²) in [6.07, 6.45) is -5.78. The third kappa shape index (κ3) is 3.35. The average molecular weight is 469 g/mol. The lowest BCUT2D eigenvalue weighted by Gasteiger charge is -2.65. The fraction of sp³-hybridized carbons (Fsp3) is 0.833. The first-order valence-electron chi connectivity index (χ1n) is 11.7. The molecule has 5 N–H and O–H groups in total. The number of aliphatic hydroxyl groups is 5. The van der Waals surface area contributed by atoms with Crippen LogP contribution in [0.1, 0.15) is 53.9 Å². The van der Waals surface area contributed by atoms with Crippen LogP contribution in [0.2, 0.25) is 0 Å². The minimum absolute atomic E-state index is 0.0226. The van der Waals surface area contributed by atoms with E-state index < -0.39 is 70.7 Å². The number of rotatable bonds is 3. The number of fused-ring (bicyclic) bond motifs is 5. The second-order valence-corrected chi connectivity index (χ2v) is 11.2. The molecule has 1 heterocycles. The molecule has 0 radical (unpaired) electrons. The molecule has 4 rings (SSSR count). The molecule has 10 atom stereocenters. The number of carbonyl (C=O) groups excluding carboxylic acids is 2. The standard InChI is InChI=1S/C24H36O9/c1-10(2)17(26)21(29)33-14-8-23(30)7-13(11(14)3)18(27)20(28)22(5)15(25)6-16-24(31,9-32-16)19(22)12(23)4/h10,12,14-19,25-27,30-31H,6-9H2,1-5H3/t12-,14-,15-,16+,17+,18+,19-,22+,23+,24-/m0/s1. The fourth-order valence-corrected chi connectivity index (χ4v) is 6.63. The Hall–Kier alpha value is -1.36. The van der Waals surface area contributed by atoms with Crippen LogP contribution >= 0.6 is 0 Å². The van der Waals surface area contributed by atoms with Gasteiger partial charge in [0.15, 0.2) is 11.9 Å². The lowest BCUT2D eigenvalue weighted by Crippen LogP contribution is -2.77. The first-order valence-corrected chi connectivity index (χ1v) is 11.7. The monoisotopic (exact) mass is 468 g/mol. The molecule has 186 valence electrons. The van der Waals surface area contributed by atoms with Gasteiger partial charge >= 0.3 is 5.97 Å². The van der Waals surface area contributed by atoms with Crippen molar-refractivity contribution in [2.45, 2.75) is 95.6 Å². The molecule has 9 nitrogen and oxygen atoms in total. The molecule has 0 aromatic rings. The topological polar surface area (TPSA) is 154 Å². The van der Waals surface area contributed by atoms with Gasteiger partial charge in [-0.3, -0.25) is 4.79 Å². The van der Waals surface area contributed by atoms with Crippen molar-refractivity contribution < 1.29 is 44.6 Å². The summed E-state index contributed by atoms with van der Waals surface area (Å²) >= 11 is 0. The van der Waals surface area contributed by atoms with Gasteiger partial charge in [-0.1, -0.05) is 20.8 Å². The van der Waals surface area contributed by atoms with Gasteiger partial charge in [0.25, 0.3) is 0 Å². The second kappa shape index (κ2) is 7.83. The number of hydrogen-bond acceptors (Lipinski definition) is 9. The van der Waals surface area contributed by atoms with E-state index in [4.69, 9.17) is 9.47 Å². The van der Waals surface area contributed by atoms with Gasteiger partial charge < -0.3 is 35.0 Å². The van der Waals surface area contributed by atoms with Crippen LogP contribution in [0.3, 0.4) is 0 Å². The van der Waals surface area contributed by atoms with Crippen molar-refractivity contribution >= 4 is 11.8 Å². The Morgan fingerprint density at radius 3 is 2.42 bits per heavy atom. The summed E-state index contributed by atoms with van der Waals surface area (Å²) < 4.78 is 11.0. The predicted octanol–water partition coefficient (Wildman–Crippen LogP) is -0.147. The number of carbonyl (C=O) groups is 2. The van der Waals surface area contributed by atoms with Gasteiger partial charge in [-0.25, -0.2) is 4.79 Å². The Labute approximate surface area is 193 Å². The van der Waals surface area contributed by atoms with Crippen molar-refractivity contribution in [2.75, 3.05) is 6.61 Å². The molecule has 33 heavy (non-hydrogen) atoms. The van der Waals surface area contributed by atoms with Crippen LogP contribution in [0.5, 0.6) is 0 Å². The van der Waals surface area contributed by atoms with Gasteiger partial charge in [-0.2, -0.15) is 0 Å². The van der Waals surface area contributed by atoms with Gasteiger partial charge in [-0.05, 0) is 36.8 Å². The molecule has 4 aliphatic rings. The quantitative estimate of drug-likeness (QED) is 0.281. The van der Waals surface area contributed by atoms with Crippen LogP contribution in [0.15, 0.2) is 11.1 Å². The molecule has 0 amide bonds. The van der Waals surface area contributed by atoms with E-state index in [0.717, 1.165) is 0 Å². The van der Waals surface area contributed by atoms with Crippen LogP contribution in [0.25, 0.3) is 0 Å². The molecule has 3 aliphatic carbocycles. The van der Waals surface area contributed by atoms with Gasteiger partial charge in [0.05, 0.1) is 29.8 Å². The van der Waals surface area contributed by atoms with Crippen molar-refractivity contribution in [3.63, 3.8) is 0 Å². The van der Waals surface area contributed by atoms with Gasteiger partial charge in [-0.15, -0.1) is 0 Å². The smallest absolute Gasteiger partial charge is 0.335 e. The van der Waals surface area contributed by atoms with Gasteiger partial charge in [0.1, 0.15) is 17.8 Å². The van der Waals surface area contributed by atoms with Crippen molar-refractivity contribution in [2.24, 2.45) is 23.2 Å². The van der Waals surface area contributed by atoms with E-state index in [-0.39, 0.29) is 37.4 Å². The summed E-state index contributed by atoms with van der Waals surface area (Å²) in [7, 11) is 0. The first-order chi connectivity index (χ1) is 15.2. The van der Waals surface area contributed by atoms with Gasteiger partial charge in [0, 0.05) is 25.2 Å². The zero-order valence-electron chi connectivity index (χ0n) is 19.8. The highest BCUT2D eigenvalue weighted by molar-refractivity contribution is 5.93. The van der Waals surface area contributed by atoms with E-state index in [9.17, 15) is 35.1 Å².